The Kier molecular flexibility index (Phi) is 7.28. The van der Waals surface area contributed by atoms with Gasteiger partial charge in [0, 0.05) is 50.8 Å². The van der Waals surface area contributed by atoms with Crippen LogP contribution in [0.4, 0.5) is 0 Å². The smallest absolute Gasteiger partial charge is 0.224 e. The fourth-order valence-corrected chi connectivity index (χ4v) is 4.78. The molecule has 1 N–H and O–H groups in total. The largest absolute Gasteiger partial charge is 0.383 e. The topological polar surface area (TPSA) is 44.8 Å². The Morgan fingerprint density at radius 1 is 1.32 bits per heavy atom. The maximum atomic E-state index is 12.3. The highest BCUT2D eigenvalue weighted by molar-refractivity contribution is 7.09. The van der Waals surface area contributed by atoms with Crippen LogP contribution >= 0.6 is 11.3 Å². The number of thiophene rings is 1. The molecule has 2 aliphatic rings. The Balaban J connectivity index is 1.42. The van der Waals surface area contributed by atoms with Crippen molar-refractivity contribution in [2.24, 2.45) is 5.92 Å². The van der Waals surface area contributed by atoms with Gasteiger partial charge in [-0.2, -0.15) is 0 Å². The number of amides is 1. The molecule has 1 aromatic heterocycles. The van der Waals surface area contributed by atoms with Gasteiger partial charge in [0.05, 0.1) is 12.5 Å². The van der Waals surface area contributed by atoms with Crippen LogP contribution in [0.15, 0.2) is 17.5 Å². The standard InChI is InChI=1S/C19H31N3O2S/c1-24-12-8-20-19(23)16-4-2-9-22(14-16)17-6-10-21(11-7-17)15-18-5-3-13-25-18/h3,5,13,16-17H,2,4,6-12,14-15H2,1H3,(H,20,23)/t16-/m1/s1. The summed E-state index contributed by atoms with van der Waals surface area (Å²) in [6.07, 6.45) is 4.61. The molecule has 6 heteroatoms. The monoisotopic (exact) mass is 365 g/mol. The van der Waals surface area contributed by atoms with Crippen molar-refractivity contribution >= 4 is 17.2 Å². The molecule has 0 unspecified atom stereocenters. The summed E-state index contributed by atoms with van der Waals surface area (Å²) in [7, 11) is 1.67. The van der Waals surface area contributed by atoms with E-state index >= 15 is 0 Å². The molecule has 3 rings (SSSR count). The second kappa shape index (κ2) is 9.67. The molecule has 0 saturated carbocycles. The summed E-state index contributed by atoms with van der Waals surface area (Å²) < 4.78 is 5.01. The molecule has 2 fully saturated rings. The number of methoxy groups -OCH3 is 1. The van der Waals surface area contributed by atoms with E-state index < -0.39 is 0 Å². The zero-order valence-corrected chi connectivity index (χ0v) is 16.1. The molecular formula is C19H31N3O2S. The quantitative estimate of drug-likeness (QED) is 0.753. The Labute approximate surface area is 155 Å². The number of carbonyl (C=O) groups excluding carboxylic acids is 1. The normalized spacial score (nSPS) is 23.6. The van der Waals surface area contributed by atoms with Gasteiger partial charge in [0.15, 0.2) is 0 Å². The van der Waals surface area contributed by atoms with Crippen LogP contribution in [0.3, 0.4) is 0 Å². The van der Waals surface area contributed by atoms with Gasteiger partial charge in [-0.15, -0.1) is 11.3 Å². The lowest BCUT2D eigenvalue weighted by Gasteiger charge is -2.42. The van der Waals surface area contributed by atoms with E-state index in [9.17, 15) is 4.79 Å². The van der Waals surface area contributed by atoms with Crippen LogP contribution in [0.25, 0.3) is 0 Å². The summed E-state index contributed by atoms with van der Waals surface area (Å²) in [6.45, 7) is 6.71. The fraction of sp³-hybridized carbons (Fsp3) is 0.737. The van der Waals surface area contributed by atoms with E-state index in [0.717, 1.165) is 32.5 Å². The highest BCUT2D eigenvalue weighted by Gasteiger charge is 2.31. The number of hydrogen-bond donors (Lipinski definition) is 1. The maximum absolute atomic E-state index is 12.3. The first kappa shape index (κ1) is 18.8. The molecule has 1 aromatic rings. The molecule has 5 nitrogen and oxygen atoms in total. The van der Waals surface area contributed by atoms with Gasteiger partial charge in [-0.1, -0.05) is 6.07 Å². The molecule has 2 aliphatic heterocycles. The summed E-state index contributed by atoms with van der Waals surface area (Å²) in [5.41, 5.74) is 0. The van der Waals surface area contributed by atoms with E-state index in [2.05, 4.69) is 32.6 Å². The minimum atomic E-state index is 0.148. The zero-order valence-electron chi connectivity index (χ0n) is 15.3. The van der Waals surface area contributed by atoms with Crippen molar-refractivity contribution in [3.63, 3.8) is 0 Å². The number of hydrogen-bond acceptors (Lipinski definition) is 5. The Hall–Kier alpha value is -0.950. The van der Waals surface area contributed by atoms with Gasteiger partial charge < -0.3 is 10.1 Å². The molecule has 0 bridgehead atoms. The number of ether oxygens (including phenoxy) is 1. The van der Waals surface area contributed by atoms with Crippen molar-refractivity contribution in [3.05, 3.63) is 22.4 Å². The Morgan fingerprint density at radius 3 is 2.88 bits per heavy atom. The molecule has 0 spiro atoms. The predicted molar refractivity (Wildman–Crippen MR) is 102 cm³/mol. The first-order valence-corrected chi connectivity index (χ1v) is 10.4. The highest BCUT2D eigenvalue weighted by atomic mass is 32.1. The average Bonchev–Trinajstić information content (AvgIpc) is 3.16. The van der Waals surface area contributed by atoms with E-state index in [4.69, 9.17) is 4.74 Å². The number of likely N-dealkylation sites (tertiary alicyclic amines) is 2. The SMILES string of the molecule is COCCNC(=O)[C@@H]1CCCN(C2CCN(Cc3cccs3)CC2)C1. The van der Waals surface area contributed by atoms with Crippen molar-refractivity contribution in [3.8, 4) is 0 Å². The molecule has 1 amide bonds. The number of carbonyl (C=O) groups is 1. The second-order valence-corrected chi connectivity index (χ2v) is 8.24. The van der Waals surface area contributed by atoms with Gasteiger partial charge in [0.2, 0.25) is 5.91 Å². The van der Waals surface area contributed by atoms with Crippen LogP contribution in [0.1, 0.15) is 30.6 Å². The summed E-state index contributed by atoms with van der Waals surface area (Å²) in [4.78, 5) is 18.9. The van der Waals surface area contributed by atoms with E-state index in [1.807, 2.05) is 11.3 Å². The van der Waals surface area contributed by atoms with E-state index in [0.29, 0.717) is 19.2 Å². The van der Waals surface area contributed by atoms with Gasteiger partial charge in [-0.05, 0) is 43.7 Å². The van der Waals surface area contributed by atoms with Crippen LogP contribution < -0.4 is 5.32 Å². The van der Waals surface area contributed by atoms with Crippen LogP contribution in [-0.2, 0) is 16.1 Å². The summed E-state index contributed by atoms with van der Waals surface area (Å²) >= 11 is 1.85. The van der Waals surface area contributed by atoms with Crippen molar-refractivity contribution < 1.29 is 9.53 Å². The van der Waals surface area contributed by atoms with Gasteiger partial charge in [-0.25, -0.2) is 0 Å². The average molecular weight is 366 g/mol. The van der Waals surface area contributed by atoms with Crippen LogP contribution in [0.2, 0.25) is 0 Å². The lowest BCUT2D eigenvalue weighted by atomic mass is 9.93. The molecule has 0 aliphatic carbocycles. The Bertz CT molecular complexity index is 515. The van der Waals surface area contributed by atoms with Gasteiger partial charge in [-0.3, -0.25) is 14.6 Å². The zero-order chi connectivity index (χ0) is 17.5. The molecule has 2 saturated heterocycles. The minimum Gasteiger partial charge on any atom is -0.383 e. The lowest BCUT2D eigenvalue weighted by molar-refractivity contribution is -0.127. The molecule has 1 atom stereocenters. The first-order valence-electron chi connectivity index (χ1n) is 9.51. The second-order valence-electron chi connectivity index (χ2n) is 7.20. The maximum Gasteiger partial charge on any atom is 0.224 e. The minimum absolute atomic E-state index is 0.148. The summed E-state index contributed by atoms with van der Waals surface area (Å²) in [6, 6.07) is 5.01. The van der Waals surface area contributed by atoms with Crippen molar-refractivity contribution in [2.45, 2.75) is 38.3 Å². The fourth-order valence-electron chi connectivity index (χ4n) is 4.04. The molecule has 0 radical (unpaired) electrons. The van der Waals surface area contributed by atoms with Crippen LogP contribution in [0, 0.1) is 5.92 Å². The van der Waals surface area contributed by atoms with Crippen LogP contribution in [-0.4, -0.2) is 68.2 Å². The summed E-state index contributed by atoms with van der Waals surface area (Å²) in [5.74, 6) is 0.353. The lowest BCUT2D eigenvalue weighted by Crippen LogP contribution is -2.50. The third-order valence-electron chi connectivity index (χ3n) is 5.46. The van der Waals surface area contributed by atoms with Crippen molar-refractivity contribution in [1.29, 1.82) is 0 Å². The molecule has 0 aromatic carbocycles. The van der Waals surface area contributed by atoms with Crippen LogP contribution in [0.5, 0.6) is 0 Å². The molecular weight excluding hydrogens is 334 g/mol. The third-order valence-corrected chi connectivity index (χ3v) is 6.32. The van der Waals surface area contributed by atoms with E-state index in [1.165, 1.54) is 30.8 Å². The van der Waals surface area contributed by atoms with Crippen molar-refractivity contribution in [1.82, 2.24) is 15.1 Å². The molecule has 140 valence electrons. The Morgan fingerprint density at radius 2 is 2.16 bits per heavy atom. The number of rotatable bonds is 7. The van der Waals surface area contributed by atoms with Gasteiger partial charge >= 0.3 is 0 Å². The number of piperidine rings is 2. The predicted octanol–water partition coefficient (Wildman–Crippen LogP) is 2.19. The van der Waals surface area contributed by atoms with E-state index in [-0.39, 0.29) is 11.8 Å². The van der Waals surface area contributed by atoms with Gasteiger partial charge in [0.25, 0.3) is 0 Å². The van der Waals surface area contributed by atoms with E-state index in [1.54, 1.807) is 7.11 Å². The highest BCUT2D eigenvalue weighted by Crippen LogP contribution is 2.25. The molecule has 25 heavy (non-hydrogen) atoms. The van der Waals surface area contributed by atoms with Crippen molar-refractivity contribution in [2.75, 3.05) is 46.4 Å². The number of nitrogens with zero attached hydrogens (tertiary/aromatic N) is 2. The molecule has 3 heterocycles. The first-order chi connectivity index (χ1) is 12.3. The summed E-state index contributed by atoms with van der Waals surface area (Å²) in [5, 5.41) is 5.17. The number of nitrogens with one attached hydrogen (secondary N) is 1. The van der Waals surface area contributed by atoms with Gasteiger partial charge in [0.1, 0.15) is 0 Å². The third kappa shape index (κ3) is 5.51.